The van der Waals surface area contributed by atoms with Gasteiger partial charge in [-0.1, -0.05) is 114 Å². The van der Waals surface area contributed by atoms with Crippen LogP contribution < -0.4 is 4.90 Å². The average molecular weight is 630 g/mol. The van der Waals surface area contributed by atoms with Crippen molar-refractivity contribution in [1.29, 1.82) is 0 Å². The minimum absolute atomic E-state index is 0.0308. The van der Waals surface area contributed by atoms with E-state index in [1.54, 1.807) is 0 Å². The fourth-order valence-corrected chi connectivity index (χ4v) is 7.98. The first kappa shape index (κ1) is 29.5. The van der Waals surface area contributed by atoms with E-state index >= 15 is 0 Å². The van der Waals surface area contributed by atoms with Gasteiger partial charge in [0.25, 0.3) is 0 Å². The van der Waals surface area contributed by atoms with Crippen LogP contribution in [-0.4, -0.2) is 0 Å². The second kappa shape index (κ2) is 10.9. The number of rotatable bonds is 4. The number of benzene rings is 6. The molecule has 0 aliphatic carbocycles. The Balaban J connectivity index is 1.47. The lowest BCUT2D eigenvalue weighted by atomic mass is 9.86. The molecule has 2 nitrogen and oxygen atoms in total. The average Bonchev–Trinajstić information content (AvgIpc) is 3.63. The Kier molecular flexibility index (Phi) is 6.82. The summed E-state index contributed by atoms with van der Waals surface area (Å²) in [7, 11) is 0. The zero-order valence-electron chi connectivity index (χ0n) is 27.9. The summed E-state index contributed by atoms with van der Waals surface area (Å²) in [5.41, 5.74) is 10.3. The first-order valence-electron chi connectivity index (χ1n) is 16.4. The number of nitrogens with zero attached hydrogens (tertiary/aromatic N) is 1. The van der Waals surface area contributed by atoms with E-state index < -0.39 is 0 Å². The van der Waals surface area contributed by atoms with E-state index in [1.807, 2.05) is 11.3 Å². The summed E-state index contributed by atoms with van der Waals surface area (Å²) in [6.07, 6.45) is 0. The lowest BCUT2D eigenvalue weighted by molar-refractivity contribution is 0.590. The second-order valence-electron chi connectivity index (χ2n) is 14.7. The molecule has 2 aromatic heterocycles. The molecule has 8 rings (SSSR count). The lowest BCUT2D eigenvalue weighted by Crippen LogP contribution is -2.11. The van der Waals surface area contributed by atoms with Crippen LogP contribution in [0.25, 0.3) is 53.2 Å². The fraction of sp³-hybridized carbons (Fsp3) is 0.182. The zero-order valence-corrected chi connectivity index (χ0v) is 28.7. The molecule has 0 atom stereocenters. The number of furan rings is 1. The van der Waals surface area contributed by atoms with Gasteiger partial charge in [-0.3, -0.25) is 0 Å². The molecule has 0 amide bonds. The molecular formula is C44H39NOS. The second-order valence-corrected chi connectivity index (χ2v) is 15.7. The van der Waals surface area contributed by atoms with Crippen LogP contribution in [-0.2, 0) is 10.8 Å². The first-order valence-corrected chi connectivity index (χ1v) is 17.2. The van der Waals surface area contributed by atoms with Crippen molar-refractivity contribution < 1.29 is 4.42 Å². The molecule has 47 heavy (non-hydrogen) atoms. The van der Waals surface area contributed by atoms with Crippen LogP contribution in [0.15, 0.2) is 132 Å². The van der Waals surface area contributed by atoms with E-state index in [0.29, 0.717) is 0 Å². The highest BCUT2D eigenvalue weighted by atomic mass is 32.1. The van der Waals surface area contributed by atoms with Gasteiger partial charge in [-0.2, -0.15) is 0 Å². The summed E-state index contributed by atoms with van der Waals surface area (Å²) in [5, 5.41) is 4.95. The molecule has 0 unspecified atom stereocenters. The summed E-state index contributed by atoms with van der Waals surface area (Å²) in [6, 6.07) is 46.3. The molecule has 0 aliphatic rings. The lowest BCUT2D eigenvalue weighted by Gasteiger charge is -2.27. The highest BCUT2D eigenvalue weighted by molar-refractivity contribution is 7.27. The zero-order chi connectivity index (χ0) is 32.5. The van der Waals surface area contributed by atoms with Crippen molar-refractivity contribution in [2.75, 3.05) is 4.90 Å². The molecule has 3 heteroatoms. The molecule has 0 aliphatic heterocycles. The number of hydrogen-bond donors (Lipinski definition) is 0. The third-order valence-electron chi connectivity index (χ3n) is 9.37. The van der Waals surface area contributed by atoms with Crippen LogP contribution in [0, 0.1) is 0 Å². The summed E-state index contributed by atoms with van der Waals surface area (Å²) in [6.45, 7) is 13.7. The third-order valence-corrected chi connectivity index (χ3v) is 10.6. The van der Waals surface area contributed by atoms with Crippen molar-refractivity contribution in [2.24, 2.45) is 0 Å². The Bertz CT molecular complexity index is 2400. The molecule has 0 spiro atoms. The van der Waals surface area contributed by atoms with Crippen LogP contribution in [0.2, 0.25) is 0 Å². The van der Waals surface area contributed by atoms with Crippen LogP contribution >= 0.6 is 11.3 Å². The molecule has 0 N–H and O–H groups in total. The Hall–Kier alpha value is -4.86. The van der Waals surface area contributed by atoms with Crippen molar-refractivity contribution in [1.82, 2.24) is 0 Å². The predicted molar refractivity (Wildman–Crippen MR) is 204 cm³/mol. The van der Waals surface area contributed by atoms with E-state index in [-0.39, 0.29) is 10.8 Å². The summed E-state index contributed by atoms with van der Waals surface area (Å²) >= 11 is 1.88. The Morgan fingerprint density at radius 2 is 1.09 bits per heavy atom. The van der Waals surface area contributed by atoms with Gasteiger partial charge in [-0.15, -0.1) is 11.3 Å². The number of thiophene rings is 1. The van der Waals surface area contributed by atoms with E-state index in [9.17, 15) is 0 Å². The largest absolute Gasteiger partial charge is 0.456 e. The van der Waals surface area contributed by atoms with E-state index in [0.717, 1.165) is 28.2 Å². The molecule has 232 valence electrons. The van der Waals surface area contributed by atoms with Crippen LogP contribution in [0.1, 0.15) is 52.7 Å². The van der Waals surface area contributed by atoms with Crippen molar-refractivity contribution in [3.05, 3.63) is 139 Å². The maximum Gasteiger partial charge on any atom is 0.138 e. The van der Waals surface area contributed by atoms with Crippen LogP contribution in [0.4, 0.5) is 17.1 Å². The van der Waals surface area contributed by atoms with Gasteiger partial charge in [-0.05, 0) is 81.6 Å². The van der Waals surface area contributed by atoms with Gasteiger partial charge < -0.3 is 9.32 Å². The van der Waals surface area contributed by atoms with Gasteiger partial charge >= 0.3 is 0 Å². The highest BCUT2D eigenvalue weighted by Gasteiger charge is 2.25. The van der Waals surface area contributed by atoms with E-state index in [4.69, 9.17) is 4.42 Å². The Morgan fingerprint density at radius 1 is 0.511 bits per heavy atom. The molecule has 0 saturated carbocycles. The third kappa shape index (κ3) is 5.10. The van der Waals surface area contributed by atoms with Gasteiger partial charge in [0.15, 0.2) is 0 Å². The topological polar surface area (TPSA) is 16.4 Å². The minimum Gasteiger partial charge on any atom is -0.456 e. The molecule has 8 aromatic rings. The monoisotopic (exact) mass is 629 g/mol. The SMILES string of the molecule is CC(C)(C)c1ccc2sc3c(c(N(c4ccccc4)c4ccc(-c5ccccc5)cc4)cc4oc5ccc(C(C)(C)C)cc5c43)c2c1. The van der Waals surface area contributed by atoms with Gasteiger partial charge in [0.05, 0.1) is 5.69 Å². The number of anilines is 3. The van der Waals surface area contributed by atoms with Gasteiger partial charge in [0.1, 0.15) is 11.2 Å². The van der Waals surface area contributed by atoms with E-state index in [1.165, 1.54) is 53.2 Å². The van der Waals surface area contributed by atoms with Gasteiger partial charge in [-0.25, -0.2) is 0 Å². The van der Waals surface area contributed by atoms with Gasteiger partial charge in [0.2, 0.25) is 0 Å². The van der Waals surface area contributed by atoms with Crippen LogP contribution in [0.5, 0.6) is 0 Å². The minimum atomic E-state index is 0.0308. The van der Waals surface area contributed by atoms with E-state index in [2.05, 4.69) is 174 Å². The highest BCUT2D eigenvalue weighted by Crippen LogP contribution is 2.51. The van der Waals surface area contributed by atoms with Crippen molar-refractivity contribution in [3.63, 3.8) is 0 Å². The predicted octanol–water partition coefficient (Wildman–Crippen LogP) is 13.7. The van der Waals surface area contributed by atoms with Crippen molar-refractivity contribution >= 4 is 70.5 Å². The quantitative estimate of drug-likeness (QED) is 0.193. The normalized spacial score (nSPS) is 12.5. The first-order chi connectivity index (χ1) is 22.6. The summed E-state index contributed by atoms with van der Waals surface area (Å²) in [5.74, 6) is 0. The molecule has 0 fully saturated rings. The Labute approximate surface area is 280 Å². The molecule has 0 bridgehead atoms. The van der Waals surface area contributed by atoms with Crippen molar-refractivity contribution in [3.8, 4) is 11.1 Å². The summed E-state index contributed by atoms with van der Waals surface area (Å²) < 4.78 is 9.28. The fourth-order valence-electron chi connectivity index (χ4n) is 6.72. The smallest absolute Gasteiger partial charge is 0.138 e. The molecule has 0 saturated heterocycles. The molecular weight excluding hydrogens is 591 g/mol. The maximum absolute atomic E-state index is 6.72. The van der Waals surface area contributed by atoms with Crippen LogP contribution in [0.3, 0.4) is 0 Å². The number of fused-ring (bicyclic) bond motifs is 7. The Morgan fingerprint density at radius 3 is 1.74 bits per heavy atom. The van der Waals surface area contributed by atoms with Gasteiger partial charge in [0, 0.05) is 48.4 Å². The maximum atomic E-state index is 6.72. The molecule has 2 heterocycles. The number of hydrogen-bond acceptors (Lipinski definition) is 3. The number of para-hydroxylation sites is 1. The van der Waals surface area contributed by atoms with Crippen molar-refractivity contribution in [2.45, 2.75) is 52.4 Å². The molecule has 0 radical (unpaired) electrons. The standard InChI is InChI=1S/C44H39NOS/c1-43(2,3)30-19-23-37-34(25-30)41-38(46-37)27-36(40-35-26-31(44(4,5)6)20-24-39(35)47-42(40)41)45(32-15-11-8-12-16-32)33-21-17-29(18-22-33)28-13-9-7-10-14-28/h7-27H,1-6H3. The summed E-state index contributed by atoms with van der Waals surface area (Å²) in [4.78, 5) is 2.40. The molecule has 6 aromatic carbocycles.